The summed E-state index contributed by atoms with van der Waals surface area (Å²) >= 11 is 0. The highest BCUT2D eigenvalue weighted by molar-refractivity contribution is 6.16. The third kappa shape index (κ3) is 5.63. The van der Waals surface area contributed by atoms with Crippen LogP contribution in [0.1, 0.15) is 30.5 Å². The van der Waals surface area contributed by atoms with E-state index in [0.29, 0.717) is 12.0 Å². The molecule has 6 heteroatoms. The van der Waals surface area contributed by atoms with Gasteiger partial charge in [-0.25, -0.2) is 4.39 Å². The zero-order valence-corrected chi connectivity index (χ0v) is 16.9. The highest BCUT2D eigenvalue weighted by atomic mass is 19.1. The lowest BCUT2D eigenvalue weighted by atomic mass is 9.96. The van der Waals surface area contributed by atoms with Gasteiger partial charge >= 0.3 is 11.9 Å². The van der Waals surface area contributed by atoms with Crippen molar-refractivity contribution in [2.75, 3.05) is 0 Å². The molecule has 5 nitrogen and oxygen atoms in total. The Labute approximate surface area is 174 Å². The quantitative estimate of drug-likeness (QED) is 0.395. The van der Waals surface area contributed by atoms with Crippen molar-refractivity contribution in [1.29, 1.82) is 0 Å². The number of Topliss-reactive ketones (excluding diaryl/α,β-unsaturated/α-hetero) is 1. The molecule has 2 aromatic carbocycles. The maximum absolute atomic E-state index is 12.9. The molecule has 0 unspecified atom stereocenters. The minimum absolute atomic E-state index is 0.0595. The molecule has 0 saturated carbocycles. The number of halogens is 1. The van der Waals surface area contributed by atoms with E-state index in [1.807, 2.05) is 24.3 Å². The Kier molecular flexibility index (Phi) is 6.45. The Morgan fingerprint density at radius 3 is 1.80 bits per heavy atom. The SMILES string of the molecule is CC1(C)OC(=O)C(C(=O)Cc2ccc(C/C=C/Cc3ccc(F)cc3)cc2)C(=O)O1. The van der Waals surface area contributed by atoms with Crippen LogP contribution in [0.25, 0.3) is 0 Å². The molecule has 0 N–H and O–H groups in total. The molecule has 0 radical (unpaired) electrons. The first kappa shape index (κ1) is 21.4. The fourth-order valence-corrected chi connectivity index (χ4v) is 3.14. The molecule has 0 bridgehead atoms. The number of benzene rings is 2. The molecule has 156 valence electrons. The van der Waals surface area contributed by atoms with Gasteiger partial charge in [0.2, 0.25) is 5.92 Å². The number of hydrogen-bond acceptors (Lipinski definition) is 5. The van der Waals surface area contributed by atoms with Crippen LogP contribution in [-0.4, -0.2) is 23.5 Å². The predicted octanol–water partition coefficient (Wildman–Crippen LogP) is 3.73. The average Bonchev–Trinajstić information content (AvgIpc) is 2.66. The summed E-state index contributed by atoms with van der Waals surface area (Å²) in [5.41, 5.74) is 2.79. The first-order valence-electron chi connectivity index (χ1n) is 9.69. The summed E-state index contributed by atoms with van der Waals surface area (Å²) < 4.78 is 22.9. The maximum Gasteiger partial charge on any atom is 0.331 e. The lowest BCUT2D eigenvalue weighted by molar-refractivity contribution is -0.238. The lowest BCUT2D eigenvalue weighted by Crippen LogP contribution is -2.49. The second-order valence-corrected chi connectivity index (χ2v) is 7.64. The molecule has 1 saturated heterocycles. The van der Waals surface area contributed by atoms with Gasteiger partial charge in [0.15, 0.2) is 5.78 Å². The van der Waals surface area contributed by atoms with Gasteiger partial charge in [-0.1, -0.05) is 48.6 Å². The molecule has 3 rings (SSSR count). The standard InChI is InChI=1S/C24H23FO5/c1-24(2)29-22(27)21(23(28)30-24)20(26)15-18-9-7-16(8-10-18)5-3-4-6-17-11-13-19(25)14-12-17/h3-4,7-14,21H,5-6,15H2,1-2H3/b4-3+. The Morgan fingerprint density at radius 1 is 0.867 bits per heavy atom. The van der Waals surface area contributed by atoms with Gasteiger partial charge in [-0.2, -0.15) is 0 Å². The fourth-order valence-electron chi connectivity index (χ4n) is 3.14. The number of carbonyl (C=O) groups is 3. The Bertz CT molecular complexity index is 938. The van der Waals surface area contributed by atoms with Crippen molar-refractivity contribution in [3.63, 3.8) is 0 Å². The summed E-state index contributed by atoms with van der Waals surface area (Å²) in [6, 6.07) is 13.8. The molecule has 0 spiro atoms. The van der Waals surface area contributed by atoms with Crippen LogP contribution in [0, 0.1) is 11.7 Å². The van der Waals surface area contributed by atoms with Crippen LogP contribution in [0.4, 0.5) is 4.39 Å². The molecule has 2 aromatic rings. The molecular formula is C24H23FO5. The van der Waals surface area contributed by atoms with E-state index >= 15 is 0 Å². The molecule has 30 heavy (non-hydrogen) atoms. The largest absolute Gasteiger partial charge is 0.422 e. The zero-order valence-electron chi connectivity index (χ0n) is 16.9. The van der Waals surface area contributed by atoms with Crippen LogP contribution in [-0.2, 0) is 43.1 Å². The molecule has 1 aliphatic rings. The molecule has 0 amide bonds. The summed E-state index contributed by atoms with van der Waals surface area (Å²) in [5.74, 6) is -5.42. The summed E-state index contributed by atoms with van der Waals surface area (Å²) in [6.07, 6.45) is 5.42. The van der Waals surface area contributed by atoms with Crippen LogP contribution < -0.4 is 0 Å². The van der Waals surface area contributed by atoms with E-state index in [2.05, 4.69) is 0 Å². The van der Waals surface area contributed by atoms with Crippen molar-refractivity contribution < 1.29 is 28.2 Å². The number of carbonyl (C=O) groups excluding carboxylic acids is 3. The normalized spacial score (nSPS) is 16.4. The second-order valence-electron chi connectivity index (χ2n) is 7.64. The highest BCUT2D eigenvalue weighted by Crippen LogP contribution is 2.24. The van der Waals surface area contributed by atoms with Crippen LogP contribution in [0.5, 0.6) is 0 Å². The molecule has 0 atom stereocenters. The first-order chi connectivity index (χ1) is 14.2. The molecule has 1 heterocycles. The van der Waals surface area contributed by atoms with E-state index in [9.17, 15) is 18.8 Å². The van der Waals surface area contributed by atoms with Crippen molar-refractivity contribution >= 4 is 17.7 Å². The van der Waals surface area contributed by atoms with Gasteiger partial charge in [-0.05, 0) is 41.7 Å². The summed E-state index contributed by atoms with van der Waals surface area (Å²) in [4.78, 5) is 36.4. The van der Waals surface area contributed by atoms with E-state index in [1.165, 1.54) is 26.0 Å². The van der Waals surface area contributed by atoms with Gasteiger partial charge < -0.3 is 9.47 Å². The molecule has 1 fully saturated rings. The topological polar surface area (TPSA) is 69.7 Å². The summed E-state index contributed by atoms with van der Waals surface area (Å²) in [6.45, 7) is 2.88. The Morgan fingerprint density at radius 2 is 1.30 bits per heavy atom. The zero-order chi connectivity index (χ0) is 21.7. The first-order valence-corrected chi connectivity index (χ1v) is 9.69. The minimum atomic E-state index is -1.54. The lowest BCUT2D eigenvalue weighted by Gasteiger charge is -2.32. The minimum Gasteiger partial charge on any atom is -0.422 e. The number of hydrogen-bond donors (Lipinski definition) is 0. The van der Waals surface area contributed by atoms with Crippen molar-refractivity contribution in [3.8, 4) is 0 Å². The van der Waals surface area contributed by atoms with Crippen LogP contribution in [0.15, 0.2) is 60.7 Å². The van der Waals surface area contributed by atoms with Crippen molar-refractivity contribution in [1.82, 2.24) is 0 Å². The molecule has 0 aliphatic carbocycles. The van der Waals surface area contributed by atoms with Crippen molar-refractivity contribution in [3.05, 3.63) is 83.2 Å². The average molecular weight is 410 g/mol. The van der Waals surface area contributed by atoms with E-state index in [-0.39, 0.29) is 12.2 Å². The van der Waals surface area contributed by atoms with Gasteiger partial charge in [0, 0.05) is 20.3 Å². The van der Waals surface area contributed by atoms with Crippen LogP contribution in [0.3, 0.4) is 0 Å². The van der Waals surface area contributed by atoms with Gasteiger partial charge in [0.05, 0.1) is 0 Å². The van der Waals surface area contributed by atoms with Gasteiger partial charge in [-0.15, -0.1) is 0 Å². The number of cyclic esters (lactones) is 2. The van der Waals surface area contributed by atoms with E-state index < -0.39 is 29.4 Å². The summed E-state index contributed by atoms with van der Waals surface area (Å²) in [5, 5.41) is 0. The fraction of sp³-hybridized carbons (Fsp3) is 0.292. The second kappa shape index (κ2) is 9.03. The molecular weight excluding hydrogens is 387 g/mol. The van der Waals surface area contributed by atoms with Gasteiger partial charge in [0.25, 0.3) is 5.79 Å². The maximum atomic E-state index is 12.9. The number of allylic oxidation sites excluding steroid dienone is 2. The third-order valence-corrected chi connectivity index (χ3v) is 4.67. The van der Waals surface area contributed by atoms with E-state index in [0.717, 1.165) is 17.5 Å². The Hall–Kier alpha value is -3.28. The van der Waals surface area contributed by atoms with Gasteiger partial charge in [0.1, 0.15) is 5.82 Å². The van der Waals surface area contributed by atoms with Crippen LogP contribution in [0.2, 0.25) is 0 Å². The molecule has 0 aromatic heterocycles. The number of ketones is 1. The molecule has 1 aliphatic heterocycles. The van der Waals surface area contributed by atoms with Gasteiger partial charge in [-0.3, -0.25) is 14.4 Å². The number of esters is 2. The van der Waals surface area contributed by atoms with E-state index in [1.54, 1.807) is 24.3 Å². The smallest absolute Gasteiger partial charge is 0.331 e. The van der Waals surface area contributed by atoms with Crippen LogP contribution >= 0.6 is 0 Å². The Balaban J connectivity index is 1.52. The third-order valence-electron chi connectivity index (χ3n) is 4.67. The predicted molar refractivity (Wildman–Crippen MR) is 108 cm³/mol. The number of ether oxygens (including phenoxy) is 2. The van der Waals surface area contributed by atoms with E-state index in [4.69, 9.17) is 9.47 Å². The summed E-state index contributed by atoms with van der Waals surface area (Å²) in [7, 11) is 0. The monoisotopic (exact) mass is 410 g/mol. The number of rotatable bonds is 7. The van der Waals surface area contributed by atoms with Crippen molar-refractivity contribution in [2.24, 2.45) is 5.92 Å². The highest BCUT2D eigenvalue weighted by Gasteiger charge is 2.46. The van der Waals surface area contributed by atoms with Crippen molar-refractivity contribution in [2.45, 2.75) is 38.9 Å².